The molecule has 1 aliphatic rings. The summed E-state index contributed by atoms with van der Waals surface area (Å²) in [5, 5.41) is 2.80. The van der Waals surface area contributed by atoms with Crippen LogP contribution in [0.15, 0.2) is 36.4 Å². The Morgan fingerprint density at radius 3 is 3.00 bits per heavy atom. The van der Waals surface area contributed by atoms with E-state index in [1.165, 1.54) is 19.8 Å². The van der Waals surface area contributed by atoms with E-state index in [4.69, 9.17) is 0 Å². The van der Waals surface area contributed by atoms with Gasteiger partial charge in [-0.1, -0.05) is 43.4 Å². The molecule has 74 valence electrons. The number of fused-ring (bicyclic) bond motifs is 3. The minimum absolute atomic E-state index is 0.528. The molecule has 1 unspecified atom stereocenters. The largest absolute Gasteiger partial charge is 0.135 e. The highest BCUT2D eigenvalue weighted by molar-refractivity contribution is 7.17. The van der Waals surface area contributed by atoms with Crippen LogP contribution >= 0.6 is 11.3 Å². The third kappa shape index (κ3) is 1.44. The minimum Gasteiger partial charge on any atom is -0.135 e. The van der Waals surface area contributed by atoms with Gasteiger partial charge in [0.15, 0.2) is 0 Å². The van der Waals surface area contributed by atoms with Crippen LogP contribution in [0.4, 0.5) is 0 Å². The summed E-state index contributed by atoms with van der Waals surface area (Å²) in [6.07, 6.45) is 8.98. The van der Waals surface area contributed by atoms with Gasteiger partial charge in [0.2, 0.25) is 0 Å². The lowest BCUT2D eigenvalue weighted by Gasteiger charge is -1.94. The second-order valence-electron chi connectivity index (χ2n) is 3.95. The first-order chi connectivity index (χ1) is 7.34. The second-order valence-corrected chi connectivity index (χ2v) is 5.04. The Morgan fingerprint density at radius 1 is 1.20 bits per heavy atom. The lowest BCUT2D eigenvalue weighted by atomic mass is 10.1. The number of thiophene rings is 1. The van der Waals surface area contributed by atoms with Crippen LogP contribution in [0.5, 0.6) is 0 Å². The molecular weight excluding hydrogens is 200 g/mol. The zero-order valence-electron chi connectivity index (χ0n) is 8.60. The summed E-state index contributed by atoms with van der Waals surface area (Å²) >= 11 is 1.88. The monoisotopic (exact) mass is 212 g/mol. The van der Waals surface area contributed by atoms with E-state index < -0.39 is 0 Å². The topological polar surface area (TPSA) is 0 Å². The van der Waals surface area contributed by atoms with Gasteiger partial charge < -0.3 is 0 Å². The van der Waals surface area contributed by atoms with Crippen LogP contribution in [0.1, 0.15) is 6.92 Å². The molecule has 0 saturated carbocycles. The van der Waals surface area contributed by atoms with E-state index in [0.29, 0.717) is 5.92 Å². The van der Waals surface area contributed by atoms with E-state index in [2.05, 4.69) is 55.5 Å². The molecule has 3 rings (SSSR count). The molecule has 0 spiro atoms. The molecule has 0 N–H and O–H groups in total. The summed E-state index contributed by atoms with van der Waals surface area (Å²) in [6, 6.07) is 8.64. The Bertz CT molecular complexity index is 644. The van der Waals surface area contributed by atoms with Crippen molar-refractivity contribution in [1.82, 2.24) is 0 Å². The van der Waals surface area contributed by atoms with E-state index in [1.54, 1.807) is 0 Å². The Hall–Kier alpha value is -1.34. The maximum atomic E-state index is 2.36. The van der Waals surface area contributed by atoms with Crippen LogP contribution < -0.4 is 9.75 Å². The number of hydrogen-bond acceptors (Lipinski definition) is 1. The van der Waals surface area contributed by atoms with Crippen molar-refractivity contribution in [3.8, 4) is 0 Å². The fraction of sp³-hybridized carbons (Fsp3) is 0.143. The fourth-order valence-electron chi connectivity index (χ4n) is 2.02. The Labute approximate surface area is 92.9 Å². The van der Waals surface area contributed by atoms with Crippen LogP contribution in [0, 0.1) is 5.92 Å². The van der Waals surface area contributed by atoms with Gasteiger partial charge in [0.25, 0.3) is 0 Å². The van der Waals surface area contributed by atoms with E-state index in [0.717, 1.165) is 0 Å². The highest BCUT2D eigenvalue weighted by atomic mass is 32.1. The SMILES string of the molecule is CC1C=CC=c2sc3ccccc3c2=C1. The van der Waals surface area contributed by atoms with Gasteiger partial charge in [0.05, 0.1) is 0 Å². The average molecular weight is 212 g/mol. The van der Waals surface area contributed by atoms with Crippen molar-refractivity contribution >= 4 is 33.6 Å². The van der Waals surface area contributed by atoms with Gasteiger partial charge in [0.1, 0.15) is 0 Å². The van der Waals surface area contributed by atoms with Gasteiger partial charge in [-0.3, -0.25) is 0 Å². The van der Waals surface area contributed by atoms with Crippen molar-refractivity contribution < 1.29 is 0 Å². The van der Waals surface area contributed by atoms with Crippen molar-refractivity contribution in [1.29, 1.82) is 0 Å². The third-order valence-electron chi connectivity index (χ3n) is 2.75. The molecular formula is C14H12S. The molecule has 0 saturated heterocycles. The third-order valence-corrected chi connectivity index (χ3v) is 3.91. The first-order valence-corrected chi connectivity index (χ1v) is 6.04. The van der Waals surface area contributed by atoms with Crippen molar-refractivity contribution in [2.75, 3.05) is 0 Å². The summed E-state index contributed by atoms with van der Waals surface area (Å²) in [5.41, 5.74) is 0. The number of allylic oxidation sites excluding steroid dienone is 2. The summed E-state index contributed by atoms with van der Waals surface area (Å²) in [4.78, 5) is 0. The van der Waals surface area contributed by atoms with Gasteiger partial charge in [-0.25, -0.2) is 0 Å². The van der Waals surface area contributed by atoms with Crippen molar-refractivity contribution in [2.45, 2.75) is 6.92 Å². The normalized spacial score (nSPS) is 19.1. The van der Waals surface area contributed by atoms with Gasteiger partial charge in [-0.15, -0.1) is 11.3 Å². The van der Waals surface area contributed by atoms with Crippen LogP contribution in [0.3, 0.4) is 0 Å². The molecule has 0 nitrogen and oxygen atoms in total. The molecule has 1 aliphatic carbocycles. The highest BCUT2D eigenvalue weighted by Gasteiger charge is 2.02. The Kier molecular flexibility index (Phi) is 2.00. The van der Waals surface area contributed by atoms with Crippen LogP contribution in [-0.4, -0.2) is 0 Å². The summed E-state index contributed by atoms with van der Waals surface area (Å²) < 4.78 is 2.77. The average Bonchev–Trinajstić information content (AvgIpc) is 2.47. The van der Waals surface area contributed by atoms with Gasteiger partial charge in [-0.2, -0.15) is 0 Å². The Morgan fingerprint density at radius 2 is 2.07 bits per heavy atom. The molecule has 1 aromatic heterocycles. The van der Waals surface area contributed by atoms with Crippen LogP contribution in [0.2, 0.25) is 0 Å². The van der Waals surface area contributed by atoms with Crippen LogP contribution in [-0.2, 0) is 0 Å². The summed E-state index contributed by atoms with van der Waals surface area (Å²) in [6.45, 7) is 2.23. The fourth-order valence-corrected chi connectivity index (χ4v) is 3.12. The lowest BCUT2D eigenvalue weighted by molar-refractivity contribution is 1.000. The maximum Gasteiger partial charge on any atom is 0.0355 e. The predicted octanol–water partition coefficient (Wildman–Crippen LogP) is 2.67. The lowest BCUT2D eigenvalue weighted by Crippen LogP contribution is -2.18. The zero-order valence-corrected chi connectivity index (χ0v) is 9.42. The first-order valence-electron chi connectivity index (χ1n) is 5.22. The Balaban J connectivity index is 2.52. The van der Waals surface area contributed by atoms with Crippen molar-refractivity contribution in [2.24, 2.45) is 5.92 Å². The van der Waals surface area contributed by atoms with Crippen molar-refractivity contribution in [3.05, 3.63) is 46.2 Å². The molecule has 1 heteroatoms. The molecule has 0 amide bonds. The number of hydrogen-bond donors (Lipinski definition) is 0. The molecule has 15 heavy (non-hydrogen) atoms. The molecule has 1 heterocycles. The number of rotatable bonds is 0. The molecule has 2 aromatic rings. The number of benzene rings is 1. The van der Waals surface area contributed by atoms with Crippen molar-refractivity contribution in [3.63, 3.8) is 0 Å². The first kappa shape index (κ1) is 8.93. The summed E-state index contributed by atoms with van der Waals surface area (Å²) in [7, 11) is 0. The van der Waals surface area contributed by atoms with Crippen LogP contribution in [0.25, 0.3) is 22.2 Å². The van der Waals surface area contributed by atoms with E-state index in [1.807, 2.05) is 11.3 Å². The summed E-state index contributed by atoms with van der Waals surface area (Å²) in [5.74, 6) is 0.528. The van der Waals surface area contributed by atoms with Gasteiger partial charge in [0, 0.05) is 14.6 Å². The van der Waals surface area contributed by atoms with E-state index in [9.17, 15) is 0 Å². The predicted molar refractivity (Wildman–Crippen MR) is 68.3 cm³/mol. The standard InChI is InChI=1S/C14H12S/c1-10-5-4-8-14-12(9-10)11-6-2-3-7-13(11)15-14/h2-10H,1H3. The smallest absolute Gasteiger partial charge is 0.0355 e. The van der Waals surface area contributed by atoms with Gasteiger partial charge in [-0.05, 0) is 23.3 Å². The maximum absolute atomic E-state index is 2.36. The molecule has 1 aromatic carbocycles. The molecule has 1 atom stereocenters. The molecule has 0 bridgehead atoms. The van der Waals surface area contributed by atoms with Gasteiger partial charge >= 0.3 is 0 Å². The second kappa shape index (κ2) is 3.35. The van der Waals surface area contributed by atoms with E-state index >= 15 is 0 Å². The zero-order chi connectivity index (χ0) is 10.3. The minimum atomic E-state index is 0.528. The highest BCUT2D eigenvalue weighted by Crippen LogP contribution is 2.14. The van der Waals surface area contributed by atoms with E-state index in [-0.39, 0.29) is 0 Å². The molecule has 0 radical (unpaired) electrons. The molecule has 0 aliphatic heterocycles. The quantitative estimate of drug-likeness (QED) is 0.630. The molecule has 0 fully saturated rings.